The van der Waals surface area contributed by atoms with Crippen LogP contribution in [-0.2, 0) is 16.0 Å². The SMILES string of the molecule is N#Cc1ccc(CC(=O)N2CCN(c3cc(Cl)ccc3OCC(=O)O)CC2)cc1. The number of piperazine rings is 1. The Kier molecular flexibility index (Phi) is 6.57. The monoisotopic (exact) mass is 413 g/mol. The first-order valence-corrected chi connectivity index (χ1v) is 9.50. The van der Waals surface area contributed by atoms with Gasteiger partial charge >= 0.3 is 5.97 Å². The first-order valence-electron chi connectivity index (χ1n) is 9.12. The van der Waals surface area contributed by atoms with Crippen LogP contribution in [0.25, 0.3) is 0 Å². The van der Waals surface area contributed by atoms with E-state index in [9.17, 15) is 9.59 Å². The molecule has 1 amide bonds. The van der Waals surface area contributed by atoms with Gasteiger partial charge < -0.3 is 19.6 Å². The van der Waals surface area contributed by atoms with Gasteiger partial charge in [0, 0.05) is 31.2 Å². The zero-order valence-corrected chi connectivity index (χ0v) is 16.4. The molecule has 1 N–H and O–H groups in total. The minimum Gasteiger partial charge on any atom is -0.480 e. The molecule has 0 bridgehead atoms. The highest BCUT2D eigenvalue weighted by molar-refractivity contribution is 6.30. The van der Waals surface area contributed by atoms with Crippen LogP contribution in [0.3, 0.4) is 0 Å². The van der Waals surface area contributed by atoms with E-state index in [1.54, 1.807) is 47.4 Å². The predicted molar refractivity (Wildman–Crippen MR) is 108 cm³/mol. The number of benzene rings is 2. The maximum Gasteiger partial charge on any atom is 0.341 e. The molecule has 0 radical (unpaired) electrons. The van der Waals surface area contributed by atoms with Crippen LogP contribution in [0, 0.1) is 11.3 Å². The van der Waals surface area contributed by atoms with Crippen molar-refractivity contribution in [1.29, 1.82) is 5.26 Å². The molecule has 0 aromatic heterocycles. The number of carboxylic acids is 1. The van der Waals surface area contributed by atoms with E-state index >= 15 is 0 Å². The summed E-state index contributed by atoms with van der Waals surface area (Å²) in [6.45, 7) is 1.82. The molecule has 3 rings (SSSR count). The van der Waals surface area contributed by atoms with Gasteiger partial charge in [0.2, 0.25) is 5.91 Å². The average molecular weight is 414 g/mol. The van der Waals surface area contributed by atoms with Crippen LogP contribution in [0.5, 0.6) is 5.75 Å². The molecule has 1 saturated heterocycles. The minimum absolute atomic E-state index is 0.0304. The number of nitrogens with zero attached hydrogens (tertiary/aromatic N) is 3. The molecule has 0 unspecified atom stereocenters. The summed E-state index contributed by atoms with van der Waals surface area (Å²) in [5.41, 5.74) is 2.16. The molecule has 7 nitrogen and oxygen atoms in total. The van der Waals surface area contributed by atoms with Crippen LogP contribution in [0.15, 0.2) is 42.5 Å². The second kappa shape index (κ2) is 9.30. The molecular weight excluding hydrogens is 394 g/mol. The summed E-state index contributed by atoms with van der Waals surface area (Å²) in [5, 5.41) is 18.2. The highest BCUT2D eigenvalue weighted by Gasteiger charge is 2.23. The molecule has 1 fully saturated rings. The van der Waals surface area contributed by atoms with Gasteiger partial charge in [-0.3, -0.25) is 4.79 Å². The zero-order valence-electron chi connectivity index (χ0n) is 15.7. The van der Waals surface area contributed by atoms with Crippen LogP contribution >= 0.6 is 11.6 Å². The molecule has 2 aromatic carbocycles. The van der Waals surface area contributed by atoms with Gasteiger partial charge in [-0.15, -0.1) is 0 Å². The quantitative estimate of drug-likeness (QED) is 0.782. The Morgan fingerprint density at radius 3 is 2.41 bits per heavy atom. The number of hydrogen-bond acceptors (Lipinski definition) is 5. The number of nitriles is 1. The molecule has 0 saturated carbocycles. The van der Waals surface area contributed by atoms with Crippen molar-refractivity contribution in [3.8, 4) is 11.8 Å². The van der Waals surface area contributed by atoms with Crippen molar-refractivity contribution in [3.05, 3.63) is 58.6 Å². The van der Waals surface area contributed by atoms with Crippen molar-refractivity contribution in [2.75, 3.05) is 37.7 Å². The fraction of sp³-hybridized carbons (Fsp3) is 0.286. The van der Waals surface area contributed by atoms with Crippen molar-refractivity contribution in [1.82, 2.24) is 4.90 Å². The third-order valence-corrected chi connectivity index (χ3v) is 4.92. The molecule has 1 aliphatic heterocycles. The molecular formula is C21H20ClN3O4. The van der Waals surface area contributed by atoms with Gasteiger partial charge in [0.1, 0.15) is 5.75 Å². The largest absolute Gasteiger partial charge is 0.480 e. The van der Waals surface area contributed by atoms with Gasteiger partial charge in [-0.05, 0) is 35.9 Å². The Bertz CT molecular complexity index is 932. The summed E-state index contributed by atoms with van der Waals surface area (Å²) in [6.07, 6.45) is 0.288. The number of ether oxygens (including phenoxy) is 1. The van der Waals surface area contributed by atoms with Crippen molar-refractivity contribution in [2.45, 2.75) is 6.42 Å². The third kappa shape index (κ3) is 5.39. The molecule has 0 spiro atoms. The summed E-state index contributed by atoms with van der Waals surface area (Å²) < 4.78 is 5.38. The number of carbonyl (C=O) groups excluding carboxylic acids is 1. The van der Waals surface area contributed by atoms with E-state index in [1.165, 1.54) is 0 Å². The van der Waals surface area contributed by atoms with Crippen molar-refractivity contribution < 1.29 is 19.4 Å². The minimum atomic E-state index is -1.05. The fourth-order valence-corrected chi connectivity index (χ4v) is 3.35. The predicted octanol–water partition coefficient (Wildman–Crippen LogP) is 2.57. The Balaban J connectivity index is 1.61. The number of carboxylic acid groups (broad SMARTS) is 1. The van der Waals surface area contributed by atoms with Crippen molar-refractivity contribution in [2.24, 2.45) is 0 Å². The van der Waals surface area contributed by atoms with Crippen LogP contribution in [-0.4, -0.2) is 54.7 Å². The smallest absolute Gasteiger partial charge is 0.341 e. The average Bonchev–Trinajstić information content (AvgIpc) is 2.73. The molecule has 8 heteroatoms. The van der Waals surface area contributed by atoms with Crippen LogP contribution in [0.2, 0.25) is 5.02 Å². The maximum atomic E-state index is 12.6. The summed E-state index contributed by atoms with van der Waals surface area (Å²) in [5.74, 6) is -0.568. The first-order chi connectivity index (χ1) is 14.0. The molecule has 29 heavy (non-hydrogen) atoms. The van der Waals surface area contributed by atoms with Crippen molar-refractivity contribution in [3.63, 3.8) is 0 Å². The Morgan fingerprint density at radius 1 is 1.10 bits per heavy atom. The molecule has 0 atom stereocenters. The van der Waals surface area contributed by atoms with Gasteiger partial charge in [-0.1, -0.05) is 23.7 Å². The number of carbonyl (C=O) groups is 2. The van der Waals surface area contributed by atoms with E-state index in [2.05, 4.69) is 6.07 Å². The number of rotatable bonds is 6. The summed E-state index contributed by atoms with van der Waals surface area (Å²) in [6, 6.07) is 14.1. The first kappa shape index (κ1) is 20.5. The van der Waals surface area contributed by atoms with Crippen molar-refractivity contribution >= 4 is 29.2 Å². The fourth-order valence-electron chi connectivity index (χ4n) is 3.18. The lowest BCUT2D eigenvalue weighted by molar-refractivity contribution is -0.139. The summed E-state index contributed by atoms with van der Waals surface area (Å²) >= 11 is 6.11. The van der Waals surface area contributed by atoms with Crippen LogP contribution < -0.4 is 9.64 Å². The van der Waals surface area contributed by atoms with E-state index in [4.69, 9.17) is 26.7 Å². The third-order valence-electron chi connectivity index (χ3n) is 4.68. The van der Waals surface area contributed by atoms with Gasteiger partial charge in [0.05, 0.1) is 23.7 Å². The number of amides is 1. The van der Waals surface area contributed by atoms with E-state index < -0.39 is 12.6 Å². The lowest BCUT2D eigenvalue weighted by Gasteiger charge is -2.36. The number of halogens is 1. The lowest BCUT2D eigenvalue weighted by Crippen LogP contribution is -2.49. The number of aliphatic carboxylic acids is 1. The highest BCUT2D eigenvalue weighted by atomic mass is 35.5. The highest BCUT2D eigenvalue weighted by Crippen LogP contribution is 2.32. The van der Waals surface area contributed by atoms with E-state index in [1.807, 2.05) is 4.90 Å². The number of hydrogen-bond donors (Lipinski definition) is 1. The molecule has 1 aliphatic rings. The van der Waals surface area contributed by atoms with Gasteiger partial charge in [0.25, 0.3) is 0 Å². The van der Waals surface area contributed by atoms with E-state index in [-0.39, 0.29) is 12.3 Å². The van der Waals surface area contributed by atoms with E-state index in [0.29, 0.717) is 42.5 Å². The molecule has 1 heterocycles. The standard InChI is InChI=1S/C21H20ClN3O4/c22-17-5-6-19(29-14-21(27)28)18(12-17)24-7-9-25(10-8-24)20(26)11-15-1-3-16(13-23)4-2-15/h1-6,12H,7-11,14H2,(H,27,28). The normalized spacial score (nSPS) is 13.7. The second-order valence-electron chi connectivity index (χ2n) is 6.65. The summed E-state index contributed by atoms with van der Waals surface area (Å²) in [4.78, 5) is 27.2. The Hall–Kier alpha value is -3.24. The maximum absolute atomic E-state index is 12.6. The van der Waals surface area contributed by atoms with Crippen LogP contribution in [0.1, 0.15) is 11.1 Å². The molecule has 2 aromatic rings. The lowest BCUT2D eigenvalue weighted by atomic mass is 10.1. The molecule has 150 valence electrons. The summed E-state index contributed by atoms with van der Waals surface area (Å²) in [7, 11) is 0. The van der Waals surface area contributed by atoms with Gasteiger partial charge in [0.15, 0.2) is 6.61 Å². The second-order valence-corrected chi connectivity index (χ2v) is 7.08. The van der Waals surface area contributed by atoms with E-state index in [0.717, 1.165) is 11.3 Å². The topological polar surface area (TPSA) is 93.9 Å². The Labute approximate surface area is 173 Å². The Morgan fingerprint density at radius 2 is 1.79 bits per heavy atom. The number of anilines is 1. The van der Waals surface area contributed by atoms with Gasteiger partial charge in [-0.2, -0.15) is 5.26 Å². The molecule has 0 aliphatic carbocycles. The van der Waals surface area contributed by atoms with Crippen LogP contribution in [0.4, 0.5) is 5.69 Å². The van der Waals surface area contributed by atoms with Gasteiger partial charge in [-0.25, -0.2) is 4.79 Å². The zero-order chi connectivity index (χ0) is 20.8.